The summed E-state index contributed by atoms with van der Waals surface area (Å²) in [6.07, 6.45) is 0. The molecule has 0 aromatic heterocycles. The molecule has 0 unspecified atom stereocenters. The predicted molar refractivity (Wildman–Crippen MR) is 48.7 cm³/mol. The number of aryl methyl sites for hydroxylation is 2. The van der Waals surface area contributed by atoms with Crippen LogP contribution in [0.4, 0.5) is 0 Å². The van der Waals surface area contributed by atoms with Gasteiger partial charge in [0.05, 0.1) is 0 Å². The standard InChI is InChI=1S/C8H11BO4/c1-6-3-7(2)5-8(4-6)9(12-10)13-11/h3-5,10-11H,1-2H3. The third-order valence-electron chi connectivity index (χ3n) is 1.71. The van der Waals surface area contributed by atoms with Gasteiger partial charge in [-0.25, -0.2) is 0 Å². The van der Waals surface area contributed by atoms with Gasteiger partial charge in [0, 0.05) is 0 Å². The zero-order chi connectivity index (χ0) is 9.84. The molecule has 4 nitrogen and oxygen atoms in total. The highest BCUT2D eigenvalue weighted by molar-refractivity contribution is 6.60. The minimum Gasteiger partial charge on any atom is -0.264 e. The molecule has 0 saturated carbocycles. The summed E-state index contributed by atoms with van der Waals surface area (Å²) in [5.41, 5.74) is 2.59. The lowest BCUT2D eigenvalue weighted by molar-refractivity contribution is -0.221. The second-order valence-electron chi connectivity index (χ2n) is 2.96. The van der Waals surface area contributed by atoms with Crippen LogP contribution in [0.1, 0.15) is 11.1 Å². The number of benzene rings is 1. The van der Waals surface area contributed by atoms with Gasteiger partial charge in [-0.2, -0.15) is 0 Å². The maximum Gasteiger partial charge on any atom is 0.554 e. The molecule has 0 bridgehead atoms. The summed E-state index contributed by atoms with van der Waals surface area (Å²) in [5.74, 6) is 0. The highest BCUT2D eigenvalue weighted by atomic mass is 17.2. The molecule has 5 heteroatoms. The van der Waals surface area contributed by atoms with Gasteiger partial charge in [0.2, 0.25) is 0 Å². The van der Waals surface area contributed by atoms with Crippen molar-refractivity contribution in [1.82, 2.24) is 0 Å². The molecule has 1 aromatic rings. The van der Waals surface area contributed by atoms with Crippen LogP contribution in [-0.4, -0.2) is 17.6 Å². The summed E-state index contributed by atoms with van der Waals surface area (Å²) in [4.78, 5) is 7.85. The van der Waals surface area contributed by atoms with E-state index in [0.29, 0.717) is 5.46 Å². The van der Waals surface area contributed by atoms with Crippen molar-refractivity contribution in [2.75, 3.05) is 0 Å². The van der Waals surface area contributed by atoms with E-state index in [-0.39, 0.29) is 0 Å². The van der Waals surface area contributed by atoms with Crippen molar-refractivity contribution in [3.05, 3.63) is 29.3 Å². The van der Waals surface area contributed by atoms with Crippen LogP contribution in [0.25, 0.3) is 0 Å². The van der Waals surface area contributed by atoms with Crippen LogP contribution in [-0.2, 0) is 9.61 Å². The van der Waals surface area contributed by atoms with E-state index < -0.39 is 7.12 Å². The third kappa shape index (κ3) is 2.53. The van der Waals surface area contributed by atoms with Crippen LogP contribution in [0, 0.1) is 13.8 Å². The molecule has 0 aliphatic heterocycles. The molecule has 0 aliphatic carbocycles. The highest BCUT2D eigenvalue weighted by Crippen LogP contribution is 2.01. The molecule has 13 heavy (non-hydrogen) atoms. The fourth-order valence-corrected chi connectivity index (χ4v) is 1.29. The van der Waals surface area contributed by atoms with E-state index in [0.717, 1.165) is 11.1 Å². The molecule has 70 valence electrons. The molecule has 0 aliphatic rings. The zero-order valence-electron chi connectivity index (χ0n) is 7.52. The average Bonchev–Trinajstić information content (AvgIpc) is 2.04. The van der Waals surface area contributed by atoms with Crippen molar-refractivity contribution in [2.24, 2.45) is 0 Å². The fourth-order valence-electron chi connectivity index (χ4n) is 1.29. The Kier molecular flexibility index (Phi) is 3.44. The number of rotatable bonds is 3. The van der Waals surface area contributed by atoms with Gasteiger partial charge >= 0.3 is 7.12 Å². The van der Waals surface area contributed by atoms with E-state index >= 15 is 0 Å². The Morgan fingerprint density at radius 3 is 1.85 bits per heavy atom. The van der Waals surface area contributed by atoms with Gasteiger partial charge in [-0.05, 0) is 19.3 Å². The van der Waals surface area contributed by atoms with Crippen molar-refractivity contribution in [3.63, 3.8) is 0 Å². The Balaban J connectivity index is 2.99. The van der Waals surface area contributed by atoms with E-state index in [2.05, 4.69) is 9.61 Å². The molecule has 0 saturated heterocycles. The van der Waals surface area contributed by atoms with Crippen molar-refractivity contribution in [2.45, 2.75) is 13.8 Å². The van der Waals surface area contributed by atoms with Crippen LogP contribution in [0.2, 0.25) is 0 Å². The van der Waals surface area contributed by atoms with Crippen LogP contribution in [0.5, 0.6) is 0 Å². The minimum absolute atomic E-state index is 0.572. The lowest BCUT2D eigenvalue weighted by Crippen LogP contribution is -2.35. The Morgan fingerprint density at radius 1 is 1.00 bits per heavy atom. The quantitative estimate of drug-likeness (QED) is 0.415. The molecule has 0 spiro atoms. The number of hydrogen-bond acceptors (Lipinski definition) is 4. The van der Waals surface area contributed by atoms with Gasteiger partial charge in [-0.3, -0.25) is 20.1 Å². The summed E-state index contributed by atoms with van der Waals surface area (Å²) in [6, 6.07) is 5.48. The normalized spacial score (nSPS) is 10.2. The van der Waals surface area contributed by atoms with Gasteiger partial charge in [0.15, 0.2) is 0 Å². The van der Waals surface area contributed by atoms with Crippen LogP contribution in [0.3, 0.4) is 0 Å². The van der Waals surface area contributed by atoms with Gasteiger partial charge < -0.3 is 0 Å². The summed E-state index contributed by atoms with van der Waals surface area (Å²) >= 11 is 0. The van der Waals surface area contributed by atoms with E-state index in [1.54, 1.807) is 12.1 Å². The Morgan fingerprint density at radius 2 is 1.46 bits per heavy atom. The minimum atomic E-state index is -1.14. The maximum atomic E-state index is 8.38. The van der Waals surface area contributed by atoms with Gasteiger partial charge in [-0.1, -0.05) is 29.3 Å². The van der Waals surface area contributed by atoms with Crippen molar-refractivity contribution in [3.8, 4) is 0 Å². The molecular weight excluding hydrogens is 171 g/mol. The van der Waals surface area contributed by atoms with Gasteiger partial charge in [0.25, 0.3) is 0 Å². The highest BCUT2D eigenvalue weighted by Gasteiger charge is 2.22. The number of hydrogen-bond donors (Lipinski definition) is 2. The summed E-state index contributed by atoms with van der Waals surface area (Å²) in [5, 5.41) is 16.8. The van der Waals surface area contributed by atoms with Crippen molar-refractivity contribution < 1.29 is 20.1 Å². The Labute approximate surface area is 76.7 Å². The molecule has 0 fully saturated rings. The Bertz CT molecular complexity index is 265. The lowest BCUT2D eigenvalue weighted by atomic mass is 9.78. The first-order chi connectivity index (χ1) is 6.17. The molecule has 1 rings (SSSR count). The lowest BCUT2D eigenvalue weighted by Gasteiger charge is -2.07. The smallest absolute Gasteiger partial charge is 0.264 e. The topological polar surface area (TPSA) is 58.9 Å². The van der Waals surface area contributed by atoms with E-state index in [1.807, 2.05) is 19.9 Å². The van der Waals surface area contributed by atoms with E-state index in [1.165, 1.54) is 0 Å². The first-order valence-corrected chi connectivity index (χ1v) is 3.86. The third-order valence-corrected chi connectivity index (χ3v) is 1.71. The second kappa shape index (κ2) is 4.39. The first-order valence-electron chi connectivity index (χ1n) is 3.86. The average molecular weight is 182 g/mol. The fraction of sp³-hybridized carbons (Fsp3) is 0.250. The second-order valence-corrected chi connectivity index (χ2v) is 2.96. The monoisotopic (exact) mass is 182 g/mol. The zero-order valence-corrected chi connectivity index (χ0v) is 7.52. The van der Waals surface area contributed by atoms with Crippen LogP contribution in [0.15, 0.2) is 18.2 Å². The molecular formula is C8H11BO4. The molecule has 2 N–H and O–H groups in total. The molecule has 0 amide bonds. The SMILES string of the molecule is Cc1cc(C)cc(B(OO)OO)c1. The van der Waals surface area contributed by atoms with Crippen molar-refractivity contribution in [1.29, 1.82) is 0 Å². The summed E-state index contributed by atoms with van der Waals surface area (Å²) in [6.45, 7) is 3.81. The largest absolute Gasteiger partial charge is 0.554 e. The Hall–Kier alpha value is -0.875. The maximum absolute atomic E-state index is 8.38. The molecule has 1 aromatic carbocycles. The molecule has 0 radical (unpaired) electrons. The molecule has 0 atom stereocenters. The molecule has 0 heterocycles. The van der Waals surface area contributed by atoms with Crippen LogP contribution < -0.4 is 5.46 Å². The van der Waals surface area contributed by atoms with E-state index in [9.17, 15) is 0 Å². The van der Waals surface area contributed by atoms with Gasteiger partial charge in [0.1, 0.15) is 0 Å². The first kappa shape index (κ1) is 10.2. The van der Waals surface area contributed by atoms with Crippen molar-refractivity contribution >= 4 is 12.6 Å². The van der Waals surface area contributed by atoms with Gasteiger partial charge in [-0.15, -0.1) is 0 Å². The predicted octanol–water partition coefficient (Wildman–Crippen LogP) is 0.978. The summed E-state index contributed by atoms with van der Waals surface area (Å²) < 4.78 is 0. The van der Waals surface area contributed by atoms with Crippen LogP contribution >= 0.6 is 0 Å². The summed E-state index contributed by atoms with van der Waals surface area (Å²) in [7, 11) is -1.14. The van der Waals surface area contributed by atoms with E-state index in [4.69, 9.17) is 10.5 Å².